The molecule has 1 aliphatic heterocycles. The summed E-state index contributed by atoms with van der Waals surface area (Å²) in [4.78, 5) is 2.72. The van der Waals surface area contributed by atoms with Gasteiger partial charge in [-0.3, -0.25) is 0 Å². The second-order valence-electron chi connectivity index (χ2n) is 7.45. The van der Waals surface area contributed by atoms with Crippen LogP contribution in [0.4, 0.5) is 0 Å². The van der Waals surface area contributed by atoms with E-state index in [-0.39, 0.29) is 0 Å². The molecule has 0 radical (unpaired) electrons. The lowest BCUT2D eigenvalue weighted by Gasteiger charge is -2.37. The van der Waals surface area contributed by atoms with Gasteiger partial charge in [0.05, 0.1) is 0 Å². The summed E-state index contributed by atoms with van der Waals surface area (Å²) in [7, 11) is 0. The third kappa shape index (κ3) is 4.34. The molecule has 1 aliphatic carbocycles. The normalized spacial score (nSPS) is 30.7. The number of likely N-dealkylation sites (tertiary alicyclic amines) is 1. The van der Waals surface area contributed by atoms with E-state index in [9.17, 15) is 0 Å². The van der Waals surface area contributed by atoms with Crippen molar-refractivity contribution in [3.8, 4) is 0 Å². The van der Waals surface area contributed by atoms with Gasteiger partial charge < -0.3 is 4.90 Å². The van der Waals surface area contributed by atoms with Gasteiger partial charge in [-0.05, 0) is 82.2 Å². The Bertz CT molecular complexity index is 278. The van der Waals surface area contributed by atoms with E-state index in [2.05, 4.69) is 32.3 Å². The lowest BCUT2D eigenvalue weighted by Crippen LogP contribution is -2.38. The van der Waals surface area contributed by atoms with E-state index >= 15 is 0 Å². The van der Waals surface area contributed by atoms with Crippen molar-refractivity contribution in [3.63, 3.8) is 0 Å². The van der Waals surface area contributed by atoms with Crippen molar-refractivity contribution in [2.75, 3.05) is 19.6 Å². The van der Waals surface area contributed by atoms with Crippen molar-refractivity contribution in [2.45, 2.75) is 59.3 Å². The fraction of sp³-hybridized carbons (Fsp3) is 0.889. The average molecular weight is 263 g/mol. The number of hydrogen-bond donors (Lipinski definition) is 0. The standard InChI is InChI=1S/C18H33N/c1-14(2)17-7-5-16(6-8-17)13-19-11-9-18(10-12-19)15(3)4/h14,16-18H,3,5-13H2,1-2,4H3. The van der Waals surface area contributed by atoms with Crippen LogP contribution in [0.25, 0.3) is 0 Å². The molecular weight excluding hydrogens is 230 g/mol. The third-order valence-corrected chi connectivity index (χ3v) is 5.64. The molecule has 0 atom stereocenters. The summed E-state index contributed by atoms with van der Waals surface area (Å²) in [6, 6.07) is 0. The maximum atomic E-state index is 4.13. The molecule has 2 aliphatic rings. The lowest BCUT2D eigenvalue weighted by molar-refractivity contribution is 0.135. The van der Waals surface area contributed by atoms with Crippen LogP contribution in [0.2, 0.25) is 0 Å². The van der Waals surface area contributed by atoms with Crippen LogP contribution in [0.1, 0.15) is 59.3 Å². The molecular formula is C18H33N. The summed E-state index contributed by atoms with van der Waals surface area (Å²) in [5.74, 6) is 3.68. The second-order valence-corrected chi connectivity index (χ2v) is 7.45. The van der Waals surface area contributed by atoms with Gasteiger partial charge in [0.1, 0.15) is 0 Å². The van der Waals surface area contributed by atoms with Crippen LogP contribution in [0.5, 0.6) is 0 Å². The minimum Gasteiger partial charge on any atom is -0.303 e. The Hall–Kier alpha value is -0.300. The fourth-order valence-corrected chi connectivity index (χ4v) is 4.01. The Morgan fingerprint density at radius 3 is 2.11 bits per heavy atom. The zero-order valence-electron chi connectivity index (χ0n) is 13.3. The largest absolute Gasteiger partial charge is 0.303 e. The van der Waals surface area contributed by atoms with Crippen LogP contribution in [-0.2, 0) is 0 Å². The van der Waals surface area contributed by atoms with Gasteiger partial charge in [-0.25, -0.2) is 0 Å². The van der Waals surface area contributed by atoms with Crippen LogP contribution in [-0.4, -0.2) is 24.5 Å². The fourth-order valence-electron chi connectivity index (χ4n) is 4.01. The maximum absolute atomic E-state index is 4.13. The van der Waals surface area contributed by atoms with E-state index in [0.717, 1.165) is 23.7 Å². The molecule has 1 heterocycles. The highest BCUT2D eigenvalue weighted by Gasteiger charge is 2.26. The SMILES string of the molecule is C=C(C)C1CCN(CC2CCC(C(C)C)CC2)CC1. The maximum Gasteiger partial charge on any atom is 0.000967 e. The number of rotatable bonds is 4. The van der Waals surface area contributed by atoms with E-state index in [4.69, 9.17) is 0 Å². The Balaban J connectivity index is 1.68. The van der Waals surface area contributed by atoms with E-state index in [1.165, 1.54) is 63.7 Å². The summed E-state index contributed by atoms with van der Waals surface area (Å²) in [6.45, 7) is 15.1. The third-order valence-electron chi connectivity index (χ3n) is 5.64. The van der Waals surface area contributed by atoms with Crippen molar-refractivity contribution in [2.24, 2.45) is 23.7 Å². The van der Waals surface area contributed by atoms with Gasteiger partial charge in [-0.15, -0.1) is 0 Å². The minimum absolute atomic E-state index is 0.799. The predicted molar refractivity (Wildman–Crippen MR) is 84.3 cm³/mol. The first-order chi connectivity index (χ1) is 9.06. The molecule has 110 valence electrons. The van der Waals surface area contributed by atoms with Crippen molar-refractivity contribution in [3.05, 3.63) is 12.2 Å². The van der Waals surface area contributed by atoms with E-state index in [0.29, 0.717) is 0 Å². The molecule has 0 bridgehead atoms. The zero-order chi connectivity index (χ0) is 13.8. The average Bonchev–Trinajstić information content (AvgIpc) is 2.40. The van der Waals surface area contributed by atoms with Crippen LogP contribution in [0.3, 0.4) is 0 Å². The summed E-state index contributed by atoms with van der Waals surface area (Å²) in [5.41, 5.74) is 1.40. The second kappa shape index (κ2) is 6.92. The highest BCUT2D eigenvalue weighted by molar-refractivity contribution is 4.98. The first-order valence-corrected chi connectivity index (χ1v) is 8.44. The molecule has 1 saturated carbocycles. The van der Waals surface area contributed by atoms with Crippen LogP contribution in [0, 0.1) is 23.7 Å². The van der Waals surface area contributed by atoms with Crippen LogP contribution in [0.15, 0.2) is 12.2 Å². The number of nitrogens with zero attached hydrogens (tertiary/aromatic N) is 1. The smallest absolute Gasteiger partial charge is 0.000967 e. The van der Waals surface area contributed by atoms with E-state index < -0.39 is 0 Å². The molecule has 0 unspecified atom stereocenters. The molecule has 0 N–H and O–H groups in total. The molecule has 2 rings (SSSR count). The van der Waals surface area contributed by atoms with Crippen molar-refractivity contribution in [1.82, 2.24) is 4.90 Å². The van der Waals surface area contributed by atoms with Gasteiger partial charge in [0.15, 0.2) is 0 Å². The van der Waals surface area contributed by atoms with Crippen LogP contribution >= 0.6 is 0 Å². The molecule has 2 fully saturated rings. The summed E-state index contributed by atoms with van der Waals surface area (Å²) in [6.07, 6.45) is 8.59. The minimum atomic E-state index is 0.799. The molecule has 1 nitrogen and oxygen atoms in total. The number of allylic oxidation sites excluding steroid dienone is 1. The predicted octanol–water partition coefficient (Wildman–Crippen LogP) is 4.74. The molecule has 0 aromatic carbocycles. The van der Waals surface area contributed by atoms with Gasteiger partial charge in [0, 0.05) is 6.54 Å². The van der Waals surface area contributed by atoms with Gasteiger partial charge >= 0.3 is 0 Å². The molecule has 19 heavy (non-hydrogen) atoms. The van der Waals surface area contributed by atoms with Crippen molar-refractivity contribution in [1.29, 1.82) is 0 Å². The number of piperidine rings is 1. The molecule has 0 amide bonds. The van der Waals surface area contributed by atoms with Gasteiger partial charge in [-0.2, -0.15) is 0 Å². The molecule has 0 aromatic rings. The Kier molecular flexibility index (Phi) is 5.50. The van der Waals surface area contributed by atoms with Crippen molar-refractivity contribution < 1.29 is 0 Å². The van der Waals surface area contributed by atoms with Gasteiger partial charge in [0.25, 0.3) is 0 Å². The molecule has 0 aromatic heterocycles. The van der Waals surface area contributed by atoms with Gasteiger partial charge in [0.2, 0.25) is 0 Å². The van der Waals surface area contributed by atoms with Gasteiger partial charge in [-0.1, -0.05) is 26.0 Å². The van der Waals surface area contributed by atoms with Crippen molar-refractivity contribution >= 4 is 0 Å². The Morgan fingerprint density at radius 2 is 1.63 bits per heavy atom. The summed E-state index contributed by atoms with van der Waals surface area (Å²) >= 11 is 0. The summed E-state index contributed by atoms with van der Waals surface area (Å²) in [5, 5.41) is 0. The summed E-state index contributed by atoms with van der Waals surface area (Å²) < 4.78 is 0. The lowest BCUT2D eigenvalue weighted by atomic mass is 9.76. The molecule has 0 spiro atoms. The quantitative estimate of drug-likeness (QED) is 0.662. The van der Waals surface area contributed by atoms with Crippen LogP contribution < -0.4 is 0 Å². The highest BCUT2D eigenvalue weighted by Crippen LogP contribution is 2.34. The zero-order valence-corrected chi connectivity index (χ0v) is 13.3. The Labute approximate surface area is 120 Å². The topological polar surface area (TPSA) is 3.24 Å². The molecule has 1 saturated heterocycles. The molecule has 1 heteroatoms. The van der Waals surface area contributed by atoms with E-state index in [1.807, 2.05) is 0 Å². The van der Waals surface area contributed by atoms with E-state index in [1.54, 1.807) is 0 Å². The Morgan fingerprint density at radius 1 is 1.05 bits per heavy atom. The first-order valence-electron chi connectivity index (χ1n) is 8.44. The number of hydrogen-bond acceptors (Lipinski definition) is 1. The monoisotopic (exact) mass is 263 g/mol. The highest BCUT2D eigenvalue weighted by atomic mass is 15.1. The first kappa shape index (κ1) is 15.1.